The molecule has 1 atom stereocenters. The van der Waals surface area contributed by atoms with Crippen LogP contribution in [-0.4, -0.2) is 29.7 Å². The second kappa shape index (κ2) is 5.82. The summed E-state index contributed by atoms with van der Waals surface area (Å²) in [5, 5.41) is 3.18. The van der Waals surface area contributed by atoms with Gasteiger partial charge in [-0.15, -0.1) is 0 Å². The van der Waals surface area contributed by atoms with Crippen molar-refractivity contribution in [2.24, 2.45) is 0 Å². The van der Waals surface area contributed by atoms with Crippen molar-refractivity contribution in [2.75, 3.05) is 25.1 Å². The molecule has 5 nitrogen and oxygen atoms in total. The van der Waals surface area contributed by atoms with E-state index in [1.165, 1.54) is 0 Å². The molecule has 0 radical (unpaired) electrons. The summed E-state index contributed by atoms with van der Waals surface area (Å²) >= 11 is 0. The zero-order valence-electron chi connectivity index (χ0n) is 10.4. The zero-order valence-corrected chi connectivity index (χ0v) is 10.4. The molecule has 0 aromatic carbocycles. The number of hydrogen-bond acceptors (Lipinski definition) is 5. The van der Waals surface area contributed by atoms with Crippen LogP contribution in [0.25, 0.3) is 0 Å². The minimum absolute atomic E-state index is 0.0211. The van der Waals surface area contributed by atoms with E-state index in [-0.39, 0.29) is 6.10 Å². The number of nitrogens with one attached hydrogen (secondary N) is 1. The summed E-state index contributed by atoms with van der Waals surface area (Å²) in [6.07, 6.45) is 2.08. The highest BCUT2D eigenvalue weighted by molar-refractivity contribution is 5.38. The molecule has 5 heteroatoms. The van der Waals surface area contributed by atoms with Crippen LogP contribution < -0.4 is 10.1 Å². The van der Waals surface area contributed by atoms with Crippen LogP contribution in [0.15, 0.2) is 6.07 Å². The van der Waals surface area contributed by atoms with Gasteiger partial charge in [-0.05, 0) is 26.7 Å². The van der Waals surface area contributed by atoms with Gasteiger partial charge in [-0.3, -0.25) is 0 Å². The van der Waals surface area contributed by atoms with E-state index in [4.69, 9.17) is 9.47 Å². The van der Waals surface area contributed by atoms with Crippen LogP contribution in [0.3, 0.4) is 0 Å². The number of anilines is 1. The molecule has 1 aromatic rings. The quantitative estimate of drug-likeness (QED) is 0.850. The maximum atomic E-state index is 5.60. The summed E-state index contributed by atoms with van der Waals surface area (Å²) in [4.78, 5) is 8.85. The van der Waals surface area contributed by atoms with Crippen molar-refractivity contribution in [3.63, 3.8) is 0 Å². The number of nitrogens with zero attached hydrogens (tertiary/aromatic N) is 2. The van der Waals surface area contributed by atoms with Gasteiger partial charge in [-0.1, -0.05) is 0 Å². The molecule has 1 fully saturated rings. The maximum Gasteiger partial charge on any atom is 0.218 e. The first-order valence-corrected chi connectivity index (χ1v) is 6.20. The molecule has 0 spiro atoms. The number of hydrogen-bond donors (Lipinski definition) is 1. The van der Waals surface area contributed by atoms with Crippen LogP contribution in [0.4, 0.5) is 5.82 Å². The summed E-state index contributed by atoms with van der Waals surface area (Å²) in [7, 11) is 0. The van der Waals surface area contributed by atoms with Crippen LogP contribution in [-0.2, 0) is 4.74 Å². The Morgan fingerprint density at radius 1 is 1.47 bits per heavy atom. The van der Waals surface area contributed by atoms with Gasteiger partial charge in [-0.2, -0.15) is 4.98 Å². The fourth-order valence-electron chi connectivity index (χ4n) is 1.86. The number of ether oxygens (including phenoxy) is 2. The Balaban J connectivity index is 2.22. The molecule has 1 aliphatic rings. The first-order valence-electron chi connectivity index (χ1n) is 6.20. The monoisotopic (exact) mass is 237 g/mol. The molecule has 0 saturated carbocycles. The number of rotatable bonds is 5. The van der Waals surface area contributed by atoms with Crippen LogP contribution >= 0.6 is 0 Å². The van der Waals surface area contributed by atoms with Crippen molar-refractivity contribution >= 4 is 5.82 Å². The highest BCUT2D eigenvalue weighted by Gasteiger charge is 2.21. The lowest BCUT2D eigenvalue weighted by Gasteiger charge is -2.12. The van der Waals surface area contributed by atoms with Gasteiger partial charge in [0.1, 0.15) is 11.9 Å². The Kier molecular flexibility index (Phi) is 4.14. The molecule has 0 bridgehead atoms. The normalized spacial score (nSPS) is 19.3. The van der Waals surface area contributed by atoms with Crippen LogP contribution in [0.1, 0.15) is 38.6 Å². The molecule has 94 valence electrons. The minimum Gasteiger partial charge on any atom is -0.478 e. The Morgan fingerprint density at radius 2 is 2.35 bits per heavy atom. The van der Waals surface area contributed by atoms with Crippen molar-refractivity contribution in [3.05, 3.63) is 11.9 Å². The van der Waals surface area contributed by atoms with Gasteiger partial charge >= 0.3 is 0 Å². The molecule has 1 saturated heterocycles. The average Bonchev–Trinajstić information content (AvgIpc) is 2.83. The Morgan fingerprint density at radius 3 is 3.00 bits per heavy atom. The van der Waals surface area contributed by atoms with Gasteiger partial charge in [0.25, 0.3) is 0 Å². The van der Waals surface area contributed by atoms with E-state index in [9.17, 15) is 0 Å². The minimum atomic E-state index is 0.0211. The van der Waals surface area contributed by atoms with E-state index >= 15 is 0 Å². The van der Waals surface area contributed by atoms with Crippen LogP contribution in [0, 0.1) is 0 Å². The van der Waals surface area contributed by atoms with Crippen LogP contribution in [0.2, 0.25) is 0 Å². The van der Waals surface area contributed by atoms with Gasteiger partial charge in [0.15, 0.2) is 5.82 Å². The molecular weight excluding hydrogens is 218 g/mol. The summed E-state index contributed by atoms with van der Waals surface area (Å²) in [5.74, 6) is 2.14. The van der Waals surface area contributed by atoms with E-state index < -0.39 is 0 Å². The van der Waals surface area contributed by atoms with Gasteiger partial charge in [0.2, 0.25) is 5.88 Å². The Labute approximate surface area is 102 Å². The third-order valence-electron chi connectivity index (χ3n) is 2.59. The molecule has 0 aliphatic carbocycles. The molecule has 2 rings (SSSR count). The zero-order chi connectivity index (χ0) is 12.1. The lowest BCUT2D eigenvalue weighted by Crippen LogP contribution is -2.09. The van der Waals surface area contributed by atoms with E-state index in [0.717, 1.165) is 37.6 Å². The highest BCUT2D eigenvalue weighted by Crippen LogP contribution is 2.28. The third-order valence-corrected chi connectivity index (χ3v) is 2.59. The second-order valence-corrected chi connectivity index (χ2v) is 3.91. The van der Waals surface area contributed by atoms with Crippen molar-refractivity contribution in [2.45, 2.75) is 32.8 Å². The molecule has 17 heavy (non-hydrogen) atoms. The first kappa shape index (κ1) is 12.1. The second-order valence-electron chi connectivity index (χ2n) is 3.91. The molecule has 0 amide bonds. The first-order chi connectivity index (χ1) is 8.33. The van der Waals surface area contributed by atoms with E-state index in [0.29, 0.717) is 12.5 Å². The predicted octanol–water partition coefficient (Wildman–Crippen LogP) is 2.16. The number of aromatic nitrogens is 2. The van der Waals surface area contributed by atoms with Gasteiger partial charge in [-0.25, -0.2) is 4.98 Å². The lowest BCUT2D eigenvalue weighted by molar-refractivity contribution is 0.104. The molecule has 1 unspecified atom stereocenters. The fraction of sp³-hybridized carbons (Fsp3) is 0.667. The molecule has 1 aliphatic heterocycles. The Bertz CT molecular complexity index is 341. The van der Waals surface area contributed by atoms with Crippen molar-refractivity contribution in [3.8, 4) is 5.88 Å². The molecule has 1 N–H and O–H groups in total. The molecule has 2 heterocycles. The van der Waals surface area contributed by atoms with Crippen molar-refractivity contribution in [1.82, 2.24) is 9.97 Å². The SMILES string of the molecule is CCNc1cc(OCC)nc(C2CCCO2)n1. The van der Waals surface area contributed by atoms with Crippen molar-refractivity contribution in [1.29, 1.82) is 0 Å². The lowest BCUT2D eigenvalue weighted by atomic mass is 10.2. The standard InChI is InChI=1S/C12H19N3O2/c1-3-13-10-8-11(16-4-2)15-12(14-10)9-6-5-7-17-9/h8-9H,3-7H2,1-2H3,(H,13,14,15). The average molecular weight is 237 g/mol. The molecular formula is C12H19N3O2. The summed E-state index contributed by atoms with van der Waals surface area (Å²) < 4.78 is 11.0. The summed E-state index contributed by atoms with van der Waals surface area (Å²) in [6.45, 7) is 6.21. The van der Waals surface area contributed by atoms with Gasteiger partial charge in [0.05, 0.1) is 6.61 Å². The third kappa shape index (κ3) is 3.06. The topological polar surface area (TPSA) is 56.3 Å². The largest absolute Gasteiger partial charge is 0.478 e. The predicted molar refractivity (Wildman–Crippen MR) is 65.3 cm³/mol. The molecule has 1 aromatic heterocycles. The van der Waals surface area contributed by atoms with E-state index in [1.54, 1.807) is 0 Å². The smallest absolute Gasteiger partial charge is 0.218 e. The maximum absolute atomic E-state index is 5.60. The summed E-state index contributed by atoms with van der Waals surface area (Å²) in [6, 6.07) is 1.82. The highest BCUT2D eigenvalue weighted by atomic mass is 16.5. The Hall–Kier alpha value is -1.36. The van der Waals surface area contributed by atoms with E-state index in [1.807, 2.05) is 19.9 Å². The van der Waals surface area contributed by atoms with Crippen molar-refractivity contribution < 1.29 is 9.47 Å². The van der Waals surface area contributed by atoms with Gasteiger partial charge in [0, 0.05) is 19.2 Å². The van der Waals surface area contributed by atoms with Gasteiger partial charge < -0.3 is 14.8 Å². The van der Waals surface area contributed by atoms with Crippen LogP contribution in [0.5, 0.6) is 5.88 Å². The fourth-order valence-corrected chi connectivity index (χ4v) is 1.86. The van der Waals surface area contributed by atoms with E-state index in [2.05, 4.69) is 15.3 Å². The summed E-state index contributed by atoms with van der Waals surface area (Å²) in [5.41, 5.74) is 0.